The minimum Gasteiger partial charge on any atom is -0.480 e. The number of carboxylic acid groups (broad SMARTS) is 1. The second-order valence-electron chi connectivity index (χ2n) is 5.89. The number of aliphatic carboxylic acids is 1. The fourth-order valence-electron chi connectivity index (χ4n) is 3.30. The summed E-state index contributed by atoms with van der Waals surface area (Å²) in [6.07, 6.45) is 2.54. The Kier molecular flexibility index (Phi) is 3.88. The molecule has 3 rings (SSSR count). The summed E-state index contributed by atoms with van der Waals surface area (Å²) in [5, 5.41) is 10.3. The molecule has 1 aliphatic rings. The van der Waals surface area contributed by atoms with Gasteiger partial charge in [-0.2, -0.15) is 0 Å². The number of rotatable bonds is 3. The number of nitrogens with zero attached hydrogens (tertiary/aromatic N) is 1. The first-order valence-electron chi connectivity index (χ1n) is 7.66. The zero-order valence-electron chi connectivity index (χ0n) is 12.6. The zero-order chi connectivity index (χ0) is 15.7. The molecule has 5 heteroatoms. The first-order chi connectivity index (χ1) is 10.6. The van der Waals surface area contributed by atoms with Crippen molar-refractivity contribution in [3.05, 3.63) is 35.5 Å². The van der Waals surface area contributed by atoms with Gasteiger partial charge in [-0.3, -0.25) is 4.79 Å². The van der Waals surface area contributed by atoms with E-state index in [0.29, 0.717) is 13.0 Å². The van der Waals surface area contributed by atoms with Crippen LogP contribution >= 0.6 is 0 Å². The van der Waals surface area contributed by atoms with Crippen molar-refractivity contribution in [2.45, 2.75) is 38.6 Å². The number of likely N-dealkylation sites (tertiary alicyclic amines) is 1. The molecule has 1 aliphatic heterocycles. The molecule has 1 aromatic heterocycles. The Morgan fingerprint density at radius 2 is 2.09 bits per heavy atom. The molecule has 1 atom stereocenters. The van der Waals surface area contributed by atoms with Crippen LogP contribution in [0.4, 0.5) is 0 Å². The predicted octanol–water partition coefficient (Wildman–Crippen LogP) is 2.48. The van der Waals surface area contributed by atoms with Gasteiger partial charge < -0.3 is 15.0 Å². The highest BCUT2D eigenvalue weighted by Crippen LogP contribution is 2.24. The Balaban J connectivity index is 1.86. The number of H-pyrrole nitrogens is 1. The summed E-state index contributed by atoms with van der Waals surface area (Å²) >= 11 is 0. The molecule has 2 aromatic rings. The first kappa shape index (κ1) is 14.6. The molecule has 1 fully saturated rings. The lowest BCUT2D eigenvalue weighted by molar-refractivity contribution is -0.151. The Hall–Kier alpha value is -2.30. The van der Waals surface area contributed by atoms with Crippen molar-refractivity contribution in [2.75, 3.05) is 6.54 Å². The van der Waals surface area contributed by atoms with Crippen LogP contribution < -0.4 is 0 Å². The number of fused-ring (bicyclic) bond motifs is 1. The van der Waals surface area contributed by atoms with Crippen LogP contribution in [-0.4, -0.2) is 39.5 Å². The van der Waals surface area contributed by atoms with Crippen molar-refractivity contribution in [3.63, 3.8) is 0 Å². The van der Waals surface area contributed by atoms with Crippen molar-refractivity contribution >= 4 is 22.8 Å². The van der Waals surface area contributed by atoms with E-state index >= 15 is 0 Å². The highest BCUT2D eigenvalue weighted by molar-refractivity contribution is 5.91. The molecule has 0 bridgehead atoms. The summed E-state index contributed by atoms with van der Waals surface area (Å²) in [6.45, 7) is 2.49. The van der Waals surface area contributed by atoms with Crippen molar-refractivity contribution in [2.24, 2.45) is 0 Å². The van der Waals surface area contributed by atoms with Gasteiger partial charge in [0.2, 0.25) is 5.91 Å². The van der Waals surface area contributed by atoms with Gasteiger partial charge in [-0.15, -0.1) is 0 Å². The maximum atomic E-state index is 12.6. The minimum atomic E-state index is -0.899. The van der Waals surface area contributed by atoms with E-state index in [9.17, 15) is 14.7 Å². The zero-order valence-corrected chi connectivity index (χ0v) is 12.6. The van der Waals surface area contributed by atoms with E-state index in [1.54, 1.807) is 0 Å². The Morgan fingerprint density at radius 3 is 2.86 bits per heavy atom. The molecule has 0 unspecified atom stereocenters. The molecule has 0 aliphatic carbocycles. The molecule has 2 N–H and O–H groups in total. The summed E-state index contributed by atoms with van der Waals surface area (Å²) in [6, 6.07) is 7.20. The number of aryl methyl sites for hydroxylation is 1. The number of benzene rings is 1. The predicted molar refractivity (Wildman–Crippen MR) is 83.7 cm³/mol. The van der Waals surface area contributed by atoms with E-state index in [1.807, 2.05) is 31.2 Å². The molecule has 1 aromatic carbocycles. The van der Waals surface area contributed by atoms with Gasteiger partial charge in [-0.25, -0.2) is 4.79 Å². The average Bonchev–Trinajstić information content (AvgIpc) is 2.83. The summed E-state index contributed by atoms with van der Waals surface area (Å²) in [7, 11) is 0. The van der Waals surface area contributed by atoms with Gasteiger partial charge in [-0.1, -0.05) is 18.2 Å². The molecule has 0 radical (unpaired) electrons. The number of para-hydroxylation sites is 1. The third kappa shape index (κ3) is 2.58. The highest BCUT2D eigenvalue weighted by Gasteiger charge is 2.32. The number of carbonyl (C=O) groups excluding carboxylic acids is 1. The first-order valence-corrected chi connectivity index (χ1v) is 7.66. The van der Waals surface area contributed by atoms with Crippen LogP contribution in [-0.2, 0) is 16.0 Å². The number of aromatic nitrogens is 1. The van der Waals surface area contributed by atoms with E-state index in [0.717, 1.165) is 35.0 Å². The molecule has 0 saturated carbocycles. The van der Waals surface area contributed by atoms with Crippen molar-refractivity contribution < 1.29 is 14.7 Å². The number of carbonyl (C=O) groups is 2. The number of amides is 1. The van der Waals surface area contributed by atoms with Crippen molar-refractivity contribution in [3.8, 4) is 0 Å². The number of carboxylic acids is 1. The fraction of sp³-hybridized carbons (Fsp3) is 0.412. The minimum absolute atomic E-state index is 0.0973. The monoisotopic (exact) mass is 300 g/mol. The van der Waals surface area contributed by atoms with Crippen molar-refractivity contribution in [1.29, 1.82) is 0 Å². The van der Waals surface area contributed by atoms with E-state index in [1.165, 1.54) is 4.90 Å². The SMILES string of the molecule is Cc1[nH]c2ccccc2c1CC(=O)N1CCCC[C@H]1C(=O)O. The van der Waals surface area contributed by atoms with Crippen LogP contribution in [0.15, 0.2) is 24.3 Å². The summed E-state index contributed by atoms with van der Waals surface area (Å²) < 4.78 is 0. The van der Waals surface area contributed by atoms with Gasteiger partial charge in [0.1, 0.15) is 6.04 Å². The summed E-state index contributed by atoms with van der Waals surface area (Å²) in [5.74, 6) is -0.997. The number of aromatic amines is 1. The molecular formula is C17H20N2O3. The summed E-state index contributed by atoms with van der Waals surface area (Å²) in [5.41, 5.74) is 2.95. The molecule has 1 amide bonds. The van der Waals surface area contributed by atoms with Crippen LogP contribution in [0.1, 0.15) is 30.5 Å². The molecule has 5 nitrogen and oxygen atoms in total. The Labute approximate surface area is 128 Å². The molecule has 22 heavy (non-hydrogen) atoms. The quantitative estimate of drug-likeness (QED) is 0.914. The van der Waals surface area contributed by atoms with Crippen LogP contribution in [0.2, 0.25) is 0 Å². The van der Waals surface area contributed by atoms with Gasteiger partial charge in [0.25, 0.3) is 0 Å². The topological polar surface area (TPSA) is 73.4 Å². The van der Waals surface area contributed by atoms with Crippen LogP contribution in [0.25, 0.3) is 10.9 Å². The second kappa shape index (κ2) is 5.83. The molecular weight excluding hydrogens is 280 g/mol. The lowest BCUT2D eigenvalue weighted by atomic mass is 10.00. The molecule has 0 spiro atoms. The molecule has 2 heterocycles. The maximum Gasteiger partial charge on any atom is 0.326 e. The number of hydrogen-bond donors (Lipinski definition) is 2. The normalized spacial score (nSPS) is 18.6. The fourth-order valence-corrected chi connectivity index (χ4v) is 3.30. The van der Waals surface area contributed by atoms with Crippen LogP contribution in [0.3, 0.4) is 0 Å². The van der Waals surface area contributed by atoms with E-state index in [4.69, 9.17) is 0 Å². The Bertz CT molecular complexity index is 720. The molecule has 1 saturated heterocycles. The smallest absolute Gasteiger partial charge is 0.326 e. The summed E-state index contributed by atoms with van der Waals surface area (Å²) in [4.78, 5) is 28.8. The standard InChI is InChI=1S/C17H20N2O3/c1-11-13(12-6-2-3-7-14(12)18-11)10-16(20)19-9-5-4-8-15(19)17(21)22/h2-3,6-7,15,18H,4-5,8-10H2,1H3,(H,21,22)/t15-/m0/s1. The third-order valence-corrected chi connectivity index (χ3v) is 4.46. The van der Waals surface area contributed by atoms with Crippen LogP contribution in [0.5, 0.6) is 0 Å². The lowest BCUT2D eigenvalue weighted by Gasteiger charge is -2.33. The van der Waals surface area contributed by atoms with Crippen molar-refractivity contribution in [1.82, 2.24) is 9.88 Å². The van der Waals surface area contributed by atoms with Gasteiger partial charge in [0, 0.05) is 23.1 Å². The second-order valence-corrected chi connectivity index (χ2v) is 5.89. The van der Waals surface area contributed by atoms with Gasteiger partial charge in [0.15, 0.2) is 0 Å². The Morgan fingerprint density at radius 1 is 1.32 bits per heavy atom. The molecule has 116 valence electrons. The maximum absolute atomic E-state index is 12.6. The van der Waals surface area contributed by atoms with Gasteiger partial charge in [-0.05, 0) is 37.8 Å². The van der Waals surface area contributed by atoms with E-state index in [-0.39, 0.29) is 12.3 Å². The highest BCUT2D eigenvalue weighted by atomic mass is 16.4. The number of hydrogen-bond acceptors (Lipinski definition) is 2. The third-order valence-electron chi connectivity index (χ3n) is 4.46. The lowest BCUT2D eigenvalue weighted by Crippen LogP contribution is -2.48. The number of nitrogens with one attached hydrogen (secondary N) is 1. The van der Waals surface area contributed by atoms with E-state index in [2.05, 4.69) is 4.98 Å². The van der Waals surface area contributed by atoms with Gasteiger partial charge >= 0.3 is 5.97 Å². The van der Waals surface area contributed by atoms with Crippen LogP contribution in [0, 0.1) is 6.92 Å². The van der Waals surface area contributed by atoms with E-state index < -0.39 is 12.0 Å². The number of piperidine rings is 1. The van der Waals surface area contributed by atoms with Gasteiger partial charge in [0.05, 0.1) is 6.42 Å². The largest absolute Gasteiger partial charge is 0.480 e. The average molecular weight is 300 g/mol.